The number of rotatable bonds is 5. The third-order valence-electron chi connectivity index (χ3n) is 6.40. The minimum Gasteiger partial charge on any atom is -0.377 e. The van der Waals surface area contributed by atoms with E-state index in [1.807, 2.05) is 19.2 Å². The Labute approximate surface area is 159 Å². The van der Waals surface area contributed by atoms with E-state index in [0.29, 0.717) is 0 Å². The van der Waals surface area contributed by atoms with Crippen LogP contribution in [0.5, 0.6) is 0 Å². The van der Waals surface area contributed by atoms with Crippen molar-refractivity contribution >= 4 is 11.0 Å². The third-order valence-corrected chi connectivity index (χ3v) is 6.40. The van der Waals surface area contributed by atoms with Crippen LogP contribution in [-0.2, 0) is 17.7 Å². The van der Waals surface area contributed by atoms with Crippen molar-refractivity contribution in [1.82, 2.24) is 19.8 Å². The number of hydrogen-bond acceptors (Lipinski definition) is 5. The van der Waals surface area contributed by atoms with Gasteiger partial charge in [0.1, 0.15) is 0 Å². The summed E-state index contributed by atoms with van der Waals surface area (Å²) in [7, 11) is 0. The SMILES string of the molecule is CCc1cc2ncc(CN3CCN(CC4CC4)C4(COC4)C3)cc2[nH]c1=O. The van der Waals surface area contributed by atoms with Crippen molar-refractivity contribution < 1.29 is 4.74 Å². The summed E-state index contributed by atoms with van der Waals surface area (Å²) in [4.78, 5) is 24.9. The van der Waals surface area contributed by atoms with Crippen LogP contribution in [0.25, 0.3) is 11.0 Å². The Kier molecular flexibility index (Phi) is 4.30. The summed E-state index contributed by atoms with van der Waals surface area (Å²) in [6.45, 7) is 9.10. The van der Waals surface area contributed by atoms with Crippen LogP contribution >= 0.6 is 0 Å². The van der Waals surface area contributed by atoms with Gasteiger partial charge in [0.25, 0.3) is 5.56 Å². The Balaban J connectivity index is 1.32. The number of H-pyrrole nitrogens is 1. The van der Waals surface area contributed by atoms with Gasteiger partial charge in [-0.1, -0.05) is 6.92 Å². The molecular formula is C21H28N4O2. The number of ether oxygens (including phenoxy) is 1. The van der Waals surface area contributed by atoms with Gasteiger partial charge >= 0.3 is 0 Å². The molecular weight excluding hydrogens is 340 g/mol. The quantitative estimate of drug-likeness (QED) is 0.872. The molecule has 2 aliphatic heterocycles. The molecule has 0 amide bonds. The van der Waals surface area contributed by atoms with E-state index in [4.69, 9.17) is 4.74 Å². The zero-order valence-electron chi connectivity index (χ0n) is 16.0. The lowest BCUT2D eigenvalue weighted by atomic mass is 9.91. The maximum Gasteiger partial charge on any atom is 0.251 e. The molecule has 0 radical (unpaired) electrons. The summed E-state index contributed by atoms with van der Waals surface area (Å²) in [5.41, 5.74) is 3.88. The standard InChI is InChI=1S/C21H28N4O2/c1-2-17-8-18-19(23-20(17)26)7-16(9-22-18)10-24-5-6-25(11-15-3-4-15)21(12-24)13-27-14-21/h7-9,15H,2-6,10-14H2,1H3,(H,23,26). The molecule has 1 N–H and O–H groups in total. The molecule has 1 spiro atoms. The van der Waals surface area contributed by atoms with E-state index in [0.717, 1.165) is 73.9 Å². The average molecular weight is 368 g/mol. The first-order valence-electron chi connectivity index (χ1n) is 10.2. The zero-order valence-corrected chi connectivity index (χ0v) is 16.0. The van der Waals surface area contributed by atoms with Gasteiger partial charge in [0.05, 0.1) is 29.8 Å². The minimum absolute atomic E-state index is 0.00297. The van der Waals surface area contributed by atoms with Crippen LogP contribution in [0.15, 0.2) is 23.1 Å². The number of pyridine rings is 2. The van der Waals surface area contributed by atoms with E-state index in [1.54, 1.807) is 0 Å². The molecule has 0 bridgehead atoms. The van der Waals surface area contributed by atoms with Crippen molar-refractivity contribution in [3.63, 3.8) is 0 Å². The first kappa shape index (κ1) is 17.3. The van der Waals surface area contributed by atoms with Gasteiger partial charge in [0.15, 0.2) is 0 Å². The fraction of sp³-hybridized carbons (Fsp3) is 0.619. The van der Waals surface area contributed by atoms with Crippen molar-refractivity contribution in [1.29, 1.82) is 0 Å². The number of aromatic amines is 1. The van der Waals surface area contributed by atoms with Gasteiger partial charge in [0.2, 0.25) is 0 Å². The lowest BCUT2D eigenvalue weighted by Gasteiger charge is -2.55. The number of nitrogens with one attached hydrogen (secondary N) is 1. The Bertz CT molecular complexity index is 901. The van der Waals surface area contributed by atoms with Gasteiger partial charge in [-0.3, -0.25) is 19.6 Å². The van der Waals surface area contributed by atoms with Crippen molar-refractivity contribution in [2.24, 2.45) is 5.92 Å². The number of hydrogen-bond donors (Lipinski definition) is 1. The second kappa shape index (κ2) is 6.69. The zero-order chi connectivity index (χ0) is 18.4. The second-order valence-electron chi connectivity index (χ2n) is 8.57. The maximum atomic E-state index is 12.1. The molecule has 0 unspecified atom stereocenters. The van der Waals surface area contributed by atoms with E-state index in [-0.39, 0.29) is 11.1 Å². The Morgan fingerprint density at radius 3 is 2.85 bits per heavy atom. The molecule has 0 aromatic carbocycles. The van der Waals surface area contributed by atoms with Gasteiger partial charge in [-0.15, -0.1) is 0 Å². The summed E-state index contributed by atoms with van der Waals surface area (Å²) in [6.07, 6.45) is 5.49. The van der Waals surface area contributed by atoms with E-state index >= 15 is 0 Å². The van der Waals surface area contributed by atoms with Crippen molar-refractivity contribution in [2.45, 2.75) is 38.3 Å². The molecule has 0 atom stereocenters. The summed E-state index contributed by atoms with van der Waals surface area (Å²) < 4.78 is 5.62. The molecule has 5 rings (SSSR count). The van der Waals surface area contributed by atoms with Crippen LogP contribution in [0.1, 0.15) is 30.9 Å². The van der Waals surface area contributed by atoms with Crippen LogP contribution in [0.2, 0.25) is 0 Å². The van der Waals surface area contributed by atoms with E-state index < -0.39 is 0 Å². The smallest absolute Gasteiger partial charge is 0.251 e. The van der Waals surface area contributed by atoms with Crippen LogP contribution in [0, 0.1) is 5.92 Å². The molecule has 1 saturated carbocycles. The summed E-state index contributed by atoms with van der Waals surface area (Å²) >= 11 is 0. The topological polar surface area (TPSA) is 61.5 Å². The summed E-state index contributed by atoms with van der Waals surface area (Å²) in [5, 5.41) is 0. The lowest BCUT2D eigenvalue weighted by molar-refractivity contribution is -0.171. The number of aryl methyl sites for hydroxylation is 1. The van der Waals surface area contributed by atoms with E-state index in [1.165, 1.54) is 19.4 Å². The van der Waals surface area contributed by atoms with Crippen molar-refractivity contribution in [2.75, 3.05) is 39.4 Å². The molecule has 3 aliphatic rings. The van der Waals surface area contributed by atoms with Crippen molar-refractivity contribution in [3.8, 4) is 0 Å². The van der Waals surface area contributed by atoms with Gasteiger partial charge < -0.3 is 9.72 Å². The third kappa shape index (κ3) is 3.30. The predicted octanol–water partition coefficient (Wildman–Crippen LogP) is 1.78. The van der Waals surface area contributed by atoms with Crippen LogP contribution in [-0.4, -0.2) is 64.7 Å². The van der Waals surface area contributed by atoms with E-state index in [2.05, 4.69) is 25.8 Å². The van der Waals surface area contributed by atoms with Gasteiger partial charge in [0, 0.05) is 44.5 Å². The van der Waals surface area contributed by atoms with Crippen LogP contribution < -0.4 is 5.56 Å². The average Bonchev–Trinajstić information content (AvgIpc) is 3.45. The molecule has 3 fully saturated rings. The maximum absolute atomic E-state index is 12.1. The Morgan fingerprint density at radius 2 is 2.15 bits per heavy atom. The number of aromatic nitrogens is 2. The van der Waals surface area contributed by atoms with Gasteiger partial charge in [-0.2, -0.15) is 0 Å². The molecule has 144 valence electrons. The highest BCUT2D eigenvalue weighted by Crippen LogP contribution is 2.36. The lowest BCUT2D eigenvalue weighted by Crippen LogP contribution is -2.71. The Morgan fingerprint density at radius 1 is 1.30 bits per heavy atom. The molecule has 27 heavy (non-hydrogen) atoms. The molecule has 2 saturated heterocycles. The molecule has 2 aromatic heterocycles. The van der Waals surface area contributed by atoms with Crippen LogP contribution in [0.3, 0.4) is 0 Å². The summed E-state index contributed by atoms with van der Waals surface area (Å²) in [5.74, 6) is 0.920. The fourth-order valence-corrected chi connectivity index (χ4v) is 4.51. The predicted molar refractivity (Wildman–Crippen MR) is 105 cm³/mol. The summed E-state index contributed by atoms with van der Waals surface area (Å²) in [6, 6.07) is 4.00. The number of nitrogens with zero attached hydrogens (tertiary/aromatic N) is 3. The van der Waals surface area contributed by atoms with E-state index in [9.17, 15) is 4.79 Å². The fourth-order valence-electron chi connectivity index (χ4n) is 4.51. The highest BCUT2D eigenvalue weighted by molar-refractivity contribution is 5.74. The Hall–Kier alpha value is -1.76. The second-order valence-corrected chi connectivity index (χ2v) is 8.57. The highest BCUT2D eigenvalue weighted by atomic mass is 16.5. The van der Waals surface area contributed by atoms with Crippen LogP contribution in [0.4, 0.5) is 0 Å². The molecule has 1 aliphatic carbocycles. The molecule has 4 heterocycles. The first-order chi connectivity index (χ1) is 13.1. The van der Waals surface area contributed by atoms with Gasteiger partial charge in [-0.05, 0) is 42.9 Å². The molecule has 6 nitrogen and oxygen atoms in total. The number of piperazine rings is 1. The monoisotopic (exact) mass is 368 g/mol. The minimum atomic E-state index is 0.00297. The first-order valence-corrected chi connectivity index (χ1v) is 10.2. The normalized spacial score (nSPS) is 23.0. The highest BCUT2D eigenvalue weighted by Gasteiger charge is 2.48. The van der Waals surface area contributed by atoms with Crippen molar-refractivity contribution in [3.05, 3.63) is 39.8 Å². The molecule has 2 aromatic rings. The van der Waals surface area contributed by atoms with Gasteiger partial charge in [-0.25, -0.2) is 0 Å². The molecule has 6 heteroatoms. The number of fused-ring (bicyclic) bond motifs is 1. The largest absolute Gasteiger partial charge is 0.377 e.